The number of hydrogen-bond acceptors (Lipinski definition) is 2. The molecule has 1 N–H and O–H groups in total. The van der Waals surface area contributed by atoms with Crippen LogP contribution >= 0.6 is 17.0 Å². The van der Waals surface area contributed by atoms with E-state index in [0.29, 0.717) is 6.42 Å². The minimum atomic E-state index is -0.900. The van der Waals surface area contributed by atoms with E-state index in [2.05, 4.69) is 6.58 Å². The first-order chi connectivity index (χ1) is 4.91. The van der Waals surface area contributed by atoms with Crippen molar-refractivity contribution in [2.75, 3.05) is 21.1 Å². The molecule has 0 aliphatic carbocycles. The van der Waals surface area contributed by atoms with E-state index >= 15 is 0 Å². The molecule has 0 bridgehead atoms. The van der Waals surface area contributed by atoms with E-state index in [9.17, 15) is 4.79 Å². The van der Waals surface area contributed by atoms with Crippen LogP contribution in [0.5, 0.6) is 0 Å². The number of carboxylic acids is 1. The van der Waals surface area contributed by atoms with E-state index in [4.69, 9.17) is 5.11 Å². The maximum atomic E-state index is 9.83. The molecule has 0 aliphatic rings. The monoisotopic (exact) mass is 239 g/mol. The summed E-state index contributed by atoms with van der Waals surface area (Å²) < 4.78 is 0. The zero-order valence-corrected chi connectivity index (χ0v) is 9.84. The van der Waals surface area contributed by atoms with E-state index in [1.54, 1.807) is 6.92 Å². The number of halogens is 1. The zero-order valence-electron chi connectivity index (χ0n) is 8.13. The molecule has 0 saturated carbocycles. The van der Waals surface area contributed by atoms with Crippen LogP contribution in [-0.4, -0.2) is 37.1 Å². The van der Waals surface area contributed by atoms with E-state index in [0.717, 1.165) is 0 Å². The highest BCUT2D eigenvalue weighted by molar-refractivity contribution is 8.93. The fourth-order valence-corrected chi connectivity index (χ4v) is 0.151. The summed E-state index contributed by atoms with van der Waals surface area (Å²) >= 11 is 0. The van der Waals surface area contributed by atoms with Gasteiger partial charge in [0.1, 0.15) is 0 Å². The standard InChI is InChI=1S/C5H8O2.C3H9N.BrH/c1-3-4(2)5(6)7;1-4(2)3;/h2-3H2,1H3,(H,6,7);1-3H3;1H. The second-order valence-electron chi connectivity index (χ2n) is 2.60. The van der Waals surface area contributed by atoms with Gasteiger partial charge in [-0.1, -0.05) is 13.5 Å². The normalized spacial score (nSPS) is 7.75. The van der Waals surface area contributed by atoms with Crippen LogP contribution < -0.4 is 0 Å². The second-order valence-corrected chi connectivity index (χ2v) is 2.60. The van der Waals surface area contributed by atoms with Crippen molar-refractivity contribution in [2.45, 2.75) is 13.3 Å². The summed E-state index contributed by atoms with van der Waals surface area (Å²) in [6, 6.07) is 0. The van der Waals surface area contributed by atoms with Gasteiger partial charge in [0, 0.05) is 5.57 Å². The Kier molecular flexibility index (Phi) is 15.7. The fraction of sp³-hybridized carbons (Fsp3) is 0.625. The molecule has 74 valence electrons. The average molecular weight is 240 g/mol. The molecule has 0 rings (SSSR count). The molecule has 0 fully saturated rings. The summed E-state index contributed by atoms with van der Waals surface area (Å²) in [6.07, 6.45) is 0.523. The number of rotatable bonds is 2. The minimum Gasteiger partial charge on any atom is -0.478 e. The molecule has 0 unspecified atom stereocenters. The van der Waals surface area contributed by atoms with Crippen LogP contribution in [0.15, 0.2) is 12.2 Å². The van der Waals surface area contributed by atoms with Gasteiger partial charge in [-0.25, -0.2) is 4.79 Å². The maximum absolute atomic E-state index is 9.83. The summed E-state index contributed by atoms with van der Waals surface area (Å²) in [6.45, 7) is 5.03. The van der Waals surface area contributed by atoms with Gasteiger partial charge in [0.05, 0.1) is 0 Å². The Morgan fingerprint density at radius 2 is 1.67 bits per heavy atom. The summed E-state index contributed by atoms with van der Waals surface area (Å²) in [5.74, 6) is -0.900. The molecule has 3 nitrogen and oxygen atoms in total. The summed E-state index contributed by atoms with van der Waals surface area (Å²) in [5, 5.41) is 8.08. The Morgan fingerprint density at radius 3 is 1.67 bits per heavy atom. The molecule has 0 heterocycles. The lowest BCUT2D eigenvalue weighted by Crippen LogP contribution is -1.99. The molecular formula is C8H18BrNO2. The Morgan fingerprint density at radius 1 is 1.42 bits per heavy atom. The molecule has 12 heavy (non-hydrogen) atoms. The third-order valence-electron chi connectivity index (χ3n) is 0.729. The van der Waals surface area contributed by atoms with Crippen LogP contribution in [0.25, 0.3) is 0 Å². The van der Waals surface area contributed by atoms with Crippen LogP contribution in [0.4, 0.5) is 0 Å². The van der Waals surface area contributed by atoms with Crippen LogP contribution in [0, 0.1) is 0 Å². The van der Waals surface area contributed by atoms with Gasteiger partial charge in [0.2, 0.25) is 0 Å². The van der Waals surface area contributed by atoms with Gasteiger partial charge < -0.3 is 10.0 Å². The largest absolute Gasteiger partial charge is 0.478 e. The third kappa shape index (κ3) is 22.6. The van der Waals surface area contributed by atoms with Gasteiger partial charge in [-0.3, -0.25) is 0 Å². The molecule has 0 aromatic carbocycles. The van der Waals surface area contributed by atoms with Gasteiger partial charge in [0.15, 0.2) is 0 Å². The number of carboxylic acid groups (broad SMARTS) is 1. The zero-order chi connectivity index (χ0) is 9.44. The van der Waals surface area contributed by atoms with Crippen molar-refractivity contribution in [3.05, 3.63) is 12.2 Å². The Bertz CT molecular complexity index is 132. The van der Waals surface area contributed by atoms with Gasteiger partial charge >= 0.3 is 5.97 Å². The molecule has 0 radical (unpaired) electrons. The third-order valence-corrected chi connectivity index (χ3v) is 0.729. The maximum Gasteiger partial charge on any atom is 0.330 e. The lowest BCUT2D eigenvalue weighted by molar-refractivity contribution is -0.132. The highest BCUT2D eigenvalue weighted by Gasteiger charge is 1.96. The SMILES string of the molecule is Br.C=C(CC)C(=O)O.CN(C)C. The minimum absolute atomic E-state index is 0. The molecule has 0 spiro atoms. The van der Waals surface area contributed by atoms with Gasteiger partial charge in [-0.15, -0.1) is 17.0 Å². The molecule has 0 atom stereocenters. The fourth-order valence-electron chi connectivity index (χ4n) is 0.151. The van der Waals surface area contributed by atoms with Crippen molar-refractivity contribution in [3.8, 4) is 0 Å². The Labute approximate surface area is 84.8 Å². The van der Waals surface area contributed by atoms with Crippen molar-refractivity contribution in [3.63, 3.8) is 0 Å². The lowest BCUT2D eigenvalue weighted by atomic mass is 10.2. The quantitative estimate of drug-likeness (QED) is 0.748. The summed E-state index contributed by atoms with van der Waals surface area (Å²) in [7, 11) is 6.00. The first-order valence-electron chi connectivity index (χ1n) is 3.43. The highest BCUT2D eigenvalue weighted by atomic mass is 79.9. The van der Waals surface area contributed by atoms with Crippen molar-refractivity contribution >= 4 is 23.0 Å². The Balaban J connectivity index is -0.000000142. The lowest BCUT2D eigenvalue weighted by Gasteiger charge is -1.90. The van der Waals surface area contributed by atoms with Gasteiger partial charge in [-0.05, 0) is 27.6 Å². The van der Waals surface area contributed by atoms with Crippen molar-refractivity contribution in [2.24, 2.45) is 0 Å². The average Bonchev–Trinajstić information content (AvgIpc) is 1.85. The van der Waals surface area contributed by atoms with Crippen molar-refractivity contribution in [1.82, 2.24) is 4.90 Å². The molecule has 0 aromatic heterocycles. The summed E-state index contributed by atoms with van der Waals surface area (Å²) in [5.41, 5.74) is 0.264. The molecule has 0 aliphatic heterocycles. The van der Waals surface area contributed by atoms with Crippen molar-refractivity contribution in [1.29, 1.82) is 0 Å². The molecule has 0 saturated heterocycles. The summed E-state index contributed by atoms with van der Waals surface area (Å²) in [4.78, 5) is 11.8. The first kappa shape index (κ1) is 17.7. The van der Waals surface area contributed by atoms with Gasteiger partial charge in [0.25, 0.3) is 0 Å². The van der Waals surface area contributed by atoms with Crippen LogP contribution in [0.2, 0.25) is 0 Å². The molecule has 4 heteroatoms. The predicted molar refractivity (Wildman–Crippen MR) is 57.0 cm³/mol. The highest BCUT2D eigenvalue weighted by Crippen LogP contribution is 1.93. The Hall–Kier alpha value is -0.350. The van der Waals surface area contributed by atoms with Crippen LogP contribution in [0.1, 0.15) is 13.3 Å². The van der Waals surface area contributed by atoms with E-state index in [1.165, 1.54) is 0 Å². The second kappa shape index (κ2) is 10.7. The van der Waals surface area contributed by atoms with Gasteiger partial charge in [-0.2, -0.15) is 0 Å². The van der Waals surface area contributed by atoms with Crippen LogP contribution in [0.3, 0.4) is 0 Å². The van der Waals surface area contributed by atoms with Crippen LogP contribution in [-0.2, 0) is 4.79 Å². The number of hydrogen-bond donors (Lipinski definition) is 1. The number of nitrogens with zero attached hydrogens (tertiary/aromatic N) is 1. The van der Waals surface area contributed by atoms with E-state index < -0.39 is 5.97 Å². The molecule has 0 amide bonds. The smallest absolute Gasteiger partial charge is 0.330 e. The van der Waals surface area contributed by atoms with E-state index in [-0.39, 0.29) is 22.6 Å². The number of aliphatic carboxylic acids is 1. The van der Waals surface area contributed by atoms with Crippen molar-refractivity contribution < 1.29 is 9.90 Å². The first-order valence-corrected chi connectivity index (χ1v) is 3.43. The topological polar surface area (TPSA) is 40.5 Å². The van der Waals surface area contributed by atoms with E-state index in [1.807, 2.05) is 26.0 Å². The molecule has 0 aromatic rings. The molecular weight excluding hydrogens is 222 g/mol. The number of carbonyl (C=O) groups is 1. The predicted octanol–water partition coefficient (Wildman–Crippen LogP) is 1.79.